The van der Waals surface area contributed by atoms with Crippen LogP contribution in [0.4, 0.5) is 17.2 Å². The van der Waals surface area contributed by atoms with Gasteiger partial charge in [0.25, 0.3) is 5.91 Å². The number of hydrogen-bond donors (Lipinski definition) is 0. The van der Waals surface area contributed by atoms with Crippen molar-refractivity contribution in [1.29, 1.82) is 0 Å². The fourth-order valence-corrected chi connectivity index (χ4v) is 2.61. The molecule has 25 heavy (non-hydrogen) atoms. The summed E-state index contributed by atoms with van der Waals surface area (Å²) >= 11 is 0. The molecule has 5 nitrogen and oxygen atoms in total. The van der Waals surface area contributed by atoms with Crippen LogP contribution in [0.15, 0.2) is 72.8 Å². The number of benzene rings is 2. The van der Waals surface area contributed by atoms with Gasteiger partial charge < -0.3 is 9.80 Å². The number of amides is 1. The number of para-hydroxylation sites is 2. The van der Waals surface area contributed by atoms with Gasteiger partial charge in [0.1, 0.15) is 0 Å². The van der Waals surface area contributed by atoms with Crippen LogP contribution >= 0.6 is 0 Å². The van der Waals surface area contributed by atoms with Crippen molar-refractivity contribution in [2.75, 3.05) is 23.4 Å². The zero-order valence-corrected chi connectivity index (χ0v) is 14.3. The molecule has 3 rings (SSSR count). The van der Waals surface area contributed by atoms with Crippen molar-refractivity contribution in [3.05, 3.63) is 78.5 Å². The highest BCUT2D eigenvalue weighted by Gasteiger charge is 2.16. The highest BCUT2D eigenvalue weighted by atomic mass is 16.2. The molecule has 0 spiro atoms. The molecule has 0 bridgehead atoms. The molecule has 0 saturated carbocycles. The zero-order chi connectivity index (χ0) is 17.6. The average Bonchev–Trinajstić information content (AvgIpc) is 2.69. The van der Waals surface area contributed by atoms with Crippen molar-refractivity contribution in [1.82, 2.24) is 10.2 Å². The standard InChI is InChI=1S/C20H20N4O/c1-3-24(17-12-8-5-9-13-17)19-15-14-18(21-22-19)20(25)23(2)16-10-6-4-7-11-16/h4-15H,3H2,1-2H3. The van der Waals surface area contributed by atoms with E-state index >= 15 is 0 Å². The summed E-state index contributed by atoms with van der Waals surface area (Å²) in [4.78, 5) is 16.2. The third kappa shape index (κ3) is 3.66. The second-order valence-electron chi connectivity index (χ2n) is 5.56. The molecule has 0 aliphatic rings. The summed E-state index contributed by atoms with van der Waals surface area (Å²) in [6.45, 7) is 2.81. The van der Waals surface area contributed by atoms with Crippen LogP contribution in [0.3, 0.4) is 0 Å². The van der Waals surface area contributed by atoms with Gasteiger partial charge in [0.15, 0.2) is 11.5 Å². The van der Waals surface area contributed by atoms with Gasteiger partial charge in [-0.15, -0.1) is 10.2 Å². The Kier molecular flexibility index (Phi) is 5.04. The molecule has 0 atom stereocenters. The summed E-state index contributed by atoms with van der Waals surface area (Å²) in [5, 5.41) is 8.39. The predicted molar refractivity (Wildman–Crippen MR) is 100 cm³/mol. The van der Waals surface area contributed by atoms with E-state index in [1.807, 2.05) is 71.6 Å². The van der Waals surface area contributed by atoms with Crippen LogP contribution in [0.5, 0.6) is 0 Å². The lowest BCUT2D eigenvalue weighted by Gasteiger charge is -2.22. The van der Waals surface area contributed by atoms with E-state index in [0.29, 0.717) is 11.5 Å². The van der Waals surface area contributed by atoms with Crippen molar-refractivity contribution in [2.45, 2.75) is 6.92 Å². The third-order valence-electron chi connectivity index (χ3n) is 3.98. The van der Waals surface area contributed by atoms with E-state index in [1.165, 1.54) is 0 Å². The maximum atomic E-state index is 12.6. The van der Waals surface area contributed by atoms with Crippen LogP contribution in [0.1, 0.15) is 17.4 Å². The van der Waals surface area contributed by atoms with E-state index in [2.05, 4.69) is 17.1 Å². The minimum atomic E-state index is -0.187. The Hall–Kier alpha value is -3.21. The minimum absolute atomic E-state index is 0.187. The lowest BCUT2D eigenvalue weighted by Crippen LogP contribution is -2.27. The maximum absolute atomic E-state index is 12.6. The summed E-state index contributed by atoms with van der Waals surface area (Å²) < 4.78 is 0. The van der Waals surface area contributed by atoms with Gasteiger partial charge in [0.2, 0.25) is 0 Å². The number of carbonyl (C=O) groups is 1. The van der Waals surface area contributed by atoms with Gasteiger partial charge in [-0.25, -0.2) is 0 Å². The number of nitrogens with zero attached hydrogens (tertiary/aromatic N) is 4. The second-order valence-corrected chi connectivity index (χ2v) is 5.56. The van der Waals surface area contributed by atoms with Crippen LogP contribution in [0.25, 0.3) is 0 Å². The molecule has 3 aromatic rings. The first kappa shape index (κ1) is 16.6. The zero-order valence-electron chi connectivity index (χ0n) is 14.3. The first-order valence-electron chi connectivity index (χ1n) is 8.20. The molecule has 126 valence electrons. The van der Waals surface area contributed by atoms with Crippen molar-refractivity contribution in [3.8, 4) is 0 Å². The fourth-order valence-electron chi connectivity index (χ4n) is 2.61. The molecule has 0 aliphatic carbocycles. The van der Waals surface area contributed by atoms with Crippen LogP contribution in [-0.2, 0) is 0 Å². The number of rotatable bonds is 5. The van der Waals surface area contributed by atoms with Crippen LogP contribution in [-0.4, -0.2) is 29.7 Å². The van der Waals surface area contributed by atoms with Crippen molar-refractivity contribution >= 4 is 23.1 Å². The first-order chi connectivity index (χ1) is 12.2. The number of carbonyl (C=O) groups excluding carboxylic acids is 1. The molecule has 0 radical (unpaired) electrons. The van der Waals surface area contributed by atoms with Gasteiger partial charge in [0, 0.05) is 25.0 Å². The number of anilines is 3. The Morgan fingerprint density at radius 3 is 1.96 bits per heavy atom. The lowest BCUT2D eigenvalue weighted by molar-refractivity contribution is 0.0987. The molecule has 5 heteroatoms. The van der Waals surface area contributed by atoms with E-state index in [4.69, 9.17) is 0 Å². The normalized spacial score (nSPS) is 10.3. The van der Waals surface area contributed by atoms with Crippen LogP contribution in [0, 0.1) is 0 Å². The second kappa shape index (κ2) is 7.57. The lowest BCUT2D eigenvalue weighted by atomic mass is 10.2. The Balaban J connectivity index is 1.81. The molecule has 0 fully saturated rings. The molecule has 1 aromatic heterocycles. The van der Waals surface area contributed by atoms with E-state index in [-0.39, 0.29) is 5.91 Å². The SMILES string of the molecule is CCN(c1ccccc1)c1ccc(C(=O)N(C)c2ccccc2)nn1. The van der Waals surface area contributed by atoms with Crippen molar-refractivity contribution in [2.24, 2.45) is 0 Å². The predicted octanol–water partition coefficient (Wildman–Crippen LogP) is 3.91. The van der Waals surface area contributed by atoms with Crippen LogP contribution < -0.4 is 9.80 Å². The van der Waals surface area contributed by atoms with E-state index in [9.17, 15) is 4.79 Å². The summed E-state index contributed by atoms with van der Waals surface area (Å²) in [7, 11) is 1.73. The summed E-state index contributed by atoms with van der Waals surface area (Å²) in [6.07, 6.45) is 0. The highest BCUT2D eigenvalue weighted by Crippen LogP contribution is 2.22. The van der Waals surface area contributed by atoms with E-state index in [0.717, 1.165) is 17.9 Å². The van der Waals surface area contributed by atoms with Gasteiger partial charge >= 0.3 is 0 Å². The van der Waals surface area contributed by atoms with Gasteiger partial charge in [-0.2, -0.15) is 0 Å². The van der Waals surface area contributed by atoms with Gasteiger partial charge in [-0.3, -0.25) is 4.79 Å². The number of aromatic nitrogens is 2. The number of hydrogen-bond acceptors (Lipinski definition) is 4. The molecule has 0 unspecified atom stereocenters. The average molecular weight is 332 g/mol. The highest BCUT2D eigenvalue weighted by molar-refractivity contribution is 6.04. The van der Waals surface area contributed by atoms with Gasteiger partial charge in [-0.05, 0) is 43.3 Å². The largest absolute Gasteiger partial charge is 0.325 e. The Labute approximate surface area is 147 Å². The van der Waals surface area contributed by atoms with Crippen molar-refractivity contribution in [3.63, 3.8) is 0 Å². The van der Waals surface area contributed by atoms with Gasteiger partial charge in [-0.1, -0.05) is 36.4 Å². The maximum Gasteiger partial charge on any atom is 0.278 e. The molecule has 1 heterocycles. The Bertz CT molecular complexity index is 819. The summed E-state index contributed by atoms with van der Waals surface area (Å²) in [5.41, 5.74) is 2.18. The molecular formula is C20H20N4O. The van der Waals surface area contributed by atoms with E-state index < -0.39 is 0 Å². The molecule has 0 N–H and O–H groups in total. The smallest absolute Gasteiger partial charge is 0.278 e. The van der Waals surface area contributed by atoms with Crippen molar-refractivity contribution < 1.29 is 4.79 Å². The fraction of sp³-hybridized carbons (Fsp3) is 0.150. The summed E-state index contributed by atoms with van der Waals surface area (Å²) in [5.74, 6) is 0.528. The Morgan fingerprint density at radius 2 is 1.44 bits per heavy atom. The third-order valence-corrected chi connectivity index (χ3v) is 3.98. The topological polar surface area (TPSA) is 49.3 Å². The molecule has 1 amide bonds. The first-order valence-corrected chi connectivity index (χ1v) is 8.20. The molecule has 0 aliphatic heterocycles. The summed E-state index contributed by atoms with van der Waals surface area (Å²) in [6, 6.07) is 23.0. The van der Waals surface area contributed by atoms with Crippen LogP contribution in [0.2, 0.25) is 0 Å². The monoisotopic (exact) mass is 332 g/mol. The molecule has 0 saturated heterocycles. The molecule has 2 aromatic carbocycles. The van der Waals surface area contributed by atoms with Gasteiger partial charge in [0.05, 0.1) is 0 Å². The molecular weight excluding hydrogens is 312 g/mol. The van der Waals surface area contributed by atoms with E-state index in [1.54, 1.807) is 18.0 Å². The Morgan fingerprint density at radius 1 is 0.840 bits per heavy atom. The quantitative estimate of drug-likeness (QED) is 0.711. The minimum Gasteiger partial charge on any atom is -0.325 e.